The van der Waals surface area contributed by atoms with E-state index in [0.29, 0.717) is 37.9 Å². The SMILES string of the molecule is Nc1ccc(C(=O)N2CCC(O)(Cc3ccccc3)CC2)cc1F.Oc1cccc2cccnc12. The van der Waals surface area contributed by atoms with E-state index in [1.165, 1.54) is 18.2 Å². The minimum absolute atomic E-state index is 0.0300. The molecule has 1 fully saturated rings. The van der Waals surface area contributed by atoms with Crippen LogP contribution in [0.2, 0.25) is 0 Å². The van der Waals surface area contributed by atoms with Gasteiger partial charge in [0.05, 0.1) is 11.3 Å². The molecule has 7 heteroatoms. The first-order valence-electron chi connectivity index (χ1n) is 11.5. The van der Waals surface area contributed by atoms with Crippen molar-refractivity contribution in [1.82, 2.24) is 9.88 Å². The van der Waals surface area contributed by atoms with Crippen molar-refractivity contribution in [3.8, 4) is 5.75 Å². The number of nitrogens with two attached hydrogens (primary N) is 1. The number of halogens is 1. The maximum Gasteiger partial charge on any atom is 0.253 e. The van der Waals surface area contributed by atoms with E-state index in [4.69, 9.17) is 5.73 Å². The number of phenols is 1. The second kappa shape index (κ2) is 10.5. The number of likely N-dealkylation sites (tertiary alicyclic amines) is 1. The van der Waals surface area contributed by atoms with Crippen LogP contribution in [0.25, 0.3) is 10.9 Å². The summed E-state index contributed by atoms with van der Waals surface area (Å²) in [5.74, 6) is -0.572. The Morgan fingerprint density at radius 2 is 1.71 bits per heavy atom. The number of nitrogens with zero attached hydrogens (tertiary/aromatic N) is 2. The van der Waals surface area contributed by atoms with E-state index >= 15 is 0 Å². The Bertz CT molecular complexity index is 1300. The average Bonchev–Trinajstić information content (AvgIpc) is 2.87. The number of aromatic nitrogens is 1. The number of anilines is 1. The number of nitrogen functional groups attached to an aromatic ring is 1. The van der Waals surface area contributed by atoms with Crippen molar-refractivity contribution in [2.75, 3.05) is 18.8 Å². The molecule has 0 atom stereocenters. The van der Waals surface area contributed by atoms with E-state index in [2.05, 4.69) is 4.98 Å². The fraction of sp³-hybridized carbons (Fsp3) is 0.214. The zero-order valence-corrected chi connectivity index (χ0v) is 19.3. The molecule has 180 valence electrons. The number of phenolic OH excluding ortho intramolecular Hbond substituents is 1. The Morgan fingerprint density at radius 3 is 2.40 bits per heavy atom. The van der Waals surface area contributed by atoms with Gasteiger partial charge in [-0.2, -0.15) is 0 Å². The third kappa shape index (κ3) is 5.94. The van der Waals surface area contributed by atoms with E-state index in [0.717, 1.165) is 10.9 Å². The second-order valence-electron chi connectivity index (χ2n) is 8.77. The lowest BCUT2D eigenvalue weighted by molar-refractivity contribution is -0.0162. The highest BCUT2D eigenvalue weighted by Gasteiger charge is 2.34. The van der Waals surface area contributed by atoms with Crippen LogP contribution >= 0.6 is 0 Å². The van der Waals surface area contributed by atoms with Gasteiger partial charge in [0.25, 0.3) is 5.91 Å². The standard InChI is InChI=1S/C19H21FN2O2.C9H7NO/c20-16-12-15(6-7-17(16)21)18(23)22-10-8-19(24,9-11-22)13-14-4-2-1-3-5-14;11-8-5-1-3-7-4-2-6-10-9(7)8/h1-7,12,24H,8-11,13,21H2;1-6,11H. The number of aromatic hydroxyl groups is 1. The molecule has 1 aliphatic heterocycles. The third-order valence-electron chi connectivity index (χ3n) is 6.22. The summed E-state index contributed by atoms with van der Waals surface area (Å²) < 4.78 is 13.5. The van der Waals surface area contributed by atoms with Gasteiger partial charge in [-0.1, -0.05) is 48.5 Å². The summed E-state index contributed by atoms with van der Waals surface area (Å²) in [5, 5.41) is 21.0. The molecule has 1 saturated heterocycles. The van der Waals surface area contributed by atoms with Crippen molar-refractivity contribution >= 4 is 22.5 Å². The number of hydrogen-bond acceptors (Lipinski definition) is 5. The molecule has 4 aromatic rings. The molecule has 0 radical (unpaired) electrons. The van der Waals surface area contributed by atoms with Crippen LogP contribution < -0.4 is 5.73 Å². The van der Waals surface area contributed by atoms with Crippen LogP contribution in [-0.2, 0) is 6.42 Å². The number of aliphatic hydroxyl groups is 1. The average molecular weight is 474 g/mol. The minimum atomic E-state index is -0.801. The number of pyridine rings is 1. The highest BCUT2D eigenvalue weighted by molar-refractivity contribution is 5.94. The van der Waals surface area contributed by atoms with Crippen LogP contribution in [0.4, 0.5) is 10.1 Å². The Balaban J connectivity index is 0.000000218. The Kier molecular flexibility index (Phi) is 7.27. The van der Waals surface area contributed by atoms with Crippen LogP contribution in [0.3, 0.4) is 0 Å². The summed E-state index contributed by atoms with van der Waals surface area (Å²) in [4.78, 5) is 18.2. The first-order chi connectivity index (χ1) is 16.8. The van der Waals surface area contributed by atoms with E-state index in [1.807, 2.05) is 48.5 Å². The molecule has 2 heterocycles. The molecule has 0 aliphatic carbocycles. The van der Waals surface area contributed by atoms with Gasteiger partial charge >= 0.3 is 0 Å². The van der Waals surface area contributed by atoms with E-state index < -0.39 is 11.4 Å². The lowest BCUT2D eigenvalue weighted by atomic mass is 9.85. The van der Waals surface area contributed by atoms with Crippen molar-refractivity contribution < 1.29 is 19.4 Å². The van der Waals surface area contributed by atoms with Crippen molar-refractivity contribution in [2.45, 2.75) is 24.9 Å². The van der Waals surface area contributed by atoms with Crippen LogP contribution in [0.5, 0.6) is 5.75 Å². The molecular weight excluding hydrogens is 445 g/mol. The first-order valence-corrected chi connectivity index (χ1v) is 11.5. The number of hydrogen-bond donors (Lipinski definition) is 3. The number of carbonyl (C=O) groups is 1. The van der Waals surface area contributed by atoms with Gasteiger partial charge in [-0.25, -0.2) is 4.39 Å². The summed E-state index contributed by atoms with van der Waals surface area (Å²) in [6.45, 7) is 0.905. The topological polar surface area (TPSA) is 99.7 Å². The maximum atomic E-state index is 13.5. The van der Waals surface area contributed by atoms with Crippen molar-refractivity contribution in [3.63, 3.8) is 0 Å². The lowest BCUT2D eigenvalue weighted by Gasteiger charge is -2.38. The van der Waals surface area contributed by atoms with Gasteiger partial charge in [-0.15, -0.1) is 0 Å². The van der Waals surface area contributed by atoms with Gasteiger partial charge in [0.15, 0.2) is 0 Å². The molecule has 4 N–H and O–H groups in total. The zero-order chi connectivity index (χ0) is 24.8. The monoisotopic (exact) mass is 473 g/mol. The quantitative estimate of drug-likeness (QED) is 0.379. The Labute approximate surface area is 203 Å². The molecule has 1 aromatic heterocycles. The van der Waals surface area contributed by atoms with Crippen LogP contribution in [0.1, 0.15) is 28.8 Å². The number of carbonyl (C=O) groups excluding carboxylic acids is 1. The number of piperidine rings is 1. The van der Waals surface area contributed by atoms with Crippen LogP contribution in [0, 0.1) is 5.82 Å². The van der Waals surface area contributed by atoms with Gasteiger partial charge < -0.3 is 20.8 Å². The second-order valence-corrected chi connectivity index (χ2v) is 8.77. The van der Waals surface area contributed by atoms with Crippen LogP contribution in [-0.4, -0.2) is 44.7 Å². The molecular formula is C28H28FN3O3. The van der Waals surface area contributed by atoms with Crippen molar-refractivity contribution in [3.05, 3.63) is 102 Å². The number of amides is 1. The summed E-state index contributed by atoms with van der Waals surface area (Å²) in [6, 6.07) is 23.1. The summed E-state index contributed by atoms with van der Waals surface area (Å²) in [5.41, 5.74) is 6.71. The highest BCUT2D eigenvalue weighted by atomic mass is 19.1. The summed E-state index contributed by atoms with van der Waals surface area (Å²) in [7, 11) is 0. The molecule has 3 aromatic carbocycles. The number of fused-ring (bicyclic) bond motifs is 1. The smallest absolute Gasteiger partial charge is 0.253 e. The predicted molar refractivity (Wildman–Crippen MR) is 134 cm³/mol. The number of benzene rings is 3. The largest absolute Gasteiger partial charge is 0.506 e. The van der Waals surface area contributed by atoms with E-state index in [1.54, 1.807) is 23.2 Å². The molecule has 0 spiro atoms. The van der Waals surface area contributed by atoms with Gasteiger partial charge in [0.2, 0.25) is 0 Å². The molecule has 1 amide bonds. The van der Waals surface area contributed by atoms with Crippen molar-refractivity contribution in [2.24, 2.45) is 0 Å². The lowest BCUT2D eigenvalue weighted by Crippen LogP contribution is -2.47. The van der Waals surface area contributed by atoms with Gasteiger partial charge in [0, 0.05) is 36.7 Å². The minimum Gasteiger partial charge on any atom is -0.506 e. The normalized spacial score (nSPS) is 14.7. The highest BCUT2D eigenvalue weighted by Crippen LogP contribution is 2.27. The van der Waals surface area contributed by atoms with E-state index in [-0.39, 0.29) is 22.9 Å². The summed E-state index contributed by atoms with van der Waals surface area (Å²) >= 11 is 0. The van der Waals surface area contributed by atoms with Crippen molar-refractivity contribution in [1.29, 1.82) is 0 Å². The molecule has 0 unspecified atom stereocenters. The summed E-state index contributed by atoms with van der Waals surface area (Å²) in [6.07, 6.45) is 3.25. The van der Waals surface area contributed by atoms with Gasteiger partial charge in [0.1, 0.15) is 17.1 Å². The number of para-hydroxylation sites is 1. The molecule has 0 saturated carbocycles. The molecule has 6 nitrogen and oxygen atoms in total. The maximum absolute atomic E-state index is 13.5. The van der Waals surface area contributed by atoms with Gasteiger partial charge in [-0.3, -0.25) is 9.78 Å². The van der Waals surface area contributed by atoms with Crippen LogP contribution in [0.15, 0.2) is 85.1 Å². The third-order valence-corrected chi connectivity index (χ3v) is 6.22. The zero-order valence-electron chi connectivity index (χ0n) is 19.3. The first kappa shape index (κ1) is 24.2. The molecule has 35 heavy (non-hydrogen) atoms. The van der Waals surface area contributed by atoms with E-state index in [9.17, 15) is 19.4 Å². The van der Waals surface area contributed by atoms with Gasteiger partial charge in [-0.05, 0) is 48.7 Å². The molecule has 0 bridgehead atoms. The Morgan fingerprint density at radius 1 is 1.00 bits per heavy atom. The fourth-order valence-electron chi connectivity index (χ4n) is 4.21. The molecule has 1 aliphatic rings. The molecule has 5 rings (SSSR count). The predicted octanol–water partition coefficient (Wildman–Crippen LogP) is 4.56. The fourth-order valence-corrected chi connectivity index (χ4v) is 4.21. The Hall–Kier alpha value is -3.97. The number of rotatable bonds is 3.